The zero-order chi connectivity index (χ0) is 50.1. The van der Waals surface area contributed by atoms with Gasteiger partial charge in [0.2, 0.25) is 0 Å². The Morgan fingerprint density at radius 2 is 0.408 bits per heavy atom. The zero-order valence-corrected chi connectivity index (χ0v) is 41.6. The maximum Gasteiger partial charge on any atom is 0.0541 e. The van der Waals surface area contributed by atoms with Crippen molar-refractivity contribution in [3.05, 3.63) is 291 Å². The van der Waals surface area contributed by atoms with Crippen LogP contribution in [0.4, 0.5) is 0 Å². The summed E-state index contributed by atoms with van der Waals surface area (Å²) in [5.41, 5.74) is 21.1. The molecule has 0 N–H and O–H groups in total. The first kappa shape index (κ1) is 43.6. The quantitative estimate of drug-likeness (QED) is 0.134. The Hall–Kier alpha value is -10.0. The predicted octanol–water partition coefficient (Wildman–Crippen LogP) is 20.2. The van der Waals surface area contributed by atoms with E-state index < -0.39 is 0 Å². The molecule has 2 nitrogen and oxygen atoms in total. The van der Waals surface area contributed by atoms with Crippen LogP contribution in [0.5, 0.6) is 0 Å². The van der Waals surface area contributed by atoms with Crippen molar-refractivity contribution in [1.82, 2.24) is 9.13 Å². The first-order valence-corrected chi connectivity index (χ1v) is 26.2. The van der Waals surface area contributed by atoms with E-state index in [1.165, 1.54) is 121 Å². The summed E-state index contributed by atoms with van der Waals surface area (Å²) in [6.07, 6.45) is 0. The van der Waals surface area contributed by atoms with Gasteiger partial charge < -0.3 is 9.13 Å². The molecule has 15 aromatic rings. The van der Waals surface area contributed by atoms with Crippen LogP contribution in [0.15, 0.2) is 291 Å². The lowest BCUT2D eigenvalue weighted by Crippen LogP contribution is -1.99. The molecule has 2 heterocycles. The maximum atomic E-state index is 2.48. The molecule has 0 fully saturated rings. The van der Waals surface area contributed by atoms with E-state index in [0.29, 0.717) is 0 Å². The van der Waals surface area contributed by atoms with Crippen molar-refractivity contribution < 1.29 is 0 Å². The topological polar surface area (TPSA) is 9.86 Å². The van der Waals surface area contributed by atoms with Gasteiger partial charge in [0.1, 0.15) is 0 Å². The van der Waals surface area contributed by atoms with Gasteiger partial charge in [0.15, 0.2) is 0 Å². The molecule has 0 atom stereocenters. The van der Waals surface area contributed by atoms with Gasteiger partial charge in [-0.3, -0.25) is 0 Å². The van der Waals surface area contributed by atoms with E-state index in [1.54, 1.807) is 0 Å². The van der Waals surface area contributed by atoms with Crippen LogP contribution in [-0.4, -0.2) is 9.13 Å². The van der Waals surface area contributed by atoms with Gasteiger partial charge in [-0.2, -0.15) is 0 Å². The van der Waals surface area contributed by atoms with Crippen molar-refractivity contribution in [2.24, 2.45) is 0 Å². The fourth-order valence-corrected chi connectivity index (χ4v) is 12.2. The first-order valence-electron chi connectivity index (χ1n) is 26.2. The summed E-state index contributed by atoms with van der Waals surface area (Å²) in [6.45, 7) is 0. The Morgan fingerprint density at radius 3 is 0.697 bits per heavy atom. The van der Waals surface area contributed by atoms with Crippen LogP contribution in [-0.2, 0) is 0 Å². The van der Waals surface area contributed by atoms with E-state index >= 15 is 0 Å². The van der Waals surface area contributed by atoms with Crippen molar-refractivity contribution in [2.75, 3.05) is 0 Å². The number of nitrogens with zero attached hydrogens (tertiary/aromatic N) is 2. The molecule has 0 unspecified atom stereocenters. The highest BCUT2D eigenvalue weighted by molar-refractivity contribution is 6.23. The standard InChI is InChI=1S/C74H48N2/c1-5-21-49(22-6-1)53-41-54(50-23-7-2-8-24-50)44-57(43-53)73-65-39-37-60(76-71-35-19-15-31-63(71)64-32-16-20-36-72(64)76)48-68(65)74(58-45-55(51-25-9-3-10-26-51)42-56(46-58)52-27-11-4-12-28-52)66-40-38-59(47-67(66)73)75-69-33-17-13-29-61(69)62-30-14-18-34-70(62)75/h1-48H. The molecule has 0 radical (unpaired) electrons. The molecule has 0 aliphatic rings. The Morgan fingerprint density at radius 1 is 0.158 bits per heavy atom. The van der Waals surface area contributed by atoms with Crippen LogP contribution in [0.25, 0.3) is 143 Å². The highest BCUT2D eigenvalue weighted by Crippen LogP contribution is 2.49. The molecule has 13 aromatic carbocycles. The lowest BCUT2D eigenvalue weighted by atomic mass is 9.83. The van der Waals surface area contributed by atoms with Crippen LogP contribution in [0.3, 0.4) is 0 Å². The molecule has 0 bridgehead atoms. The number of aromatic nitrogens is 2. The summed E-state index contributed by atoms with van der Waals surface area (Å²) in [5.74, 6) is 0. The third-order valence-corrected chi connectivity index (χ3v) is 15.6. The summed E-state index contributed by atoms with van der Waals surface area (Å²) < 4.78 is 4.92. The van der Waals surface area contributed by atoms with Crippen LogP contribution in [0.1, 0.15) is 0 Å². The van der Waals surface area contributed by atoms with E-state index in [9.17, 15) is 0 Å². The third-order valence-electron chi connectivity index (χ3n) is 15.6. The number of hydrogen-bond donors (Lipinski definition) is 0. The van der Waals surface area contributed by atoms with E-state index in [4.69, 9.17) is 0 Å². The average Bonchev–Trinajstić information content (AvgIpc) is 4.13. The van der Waals surface area contributed by atoms with Crippen molar-refractivity contribution in [1.29, 1.82) is 0 Å². The highest BCUT2D eigenvalue weighted by Gasteiger charge is 2.23. The molecular formula is C74H48N2. The molecule has 2 aromatic heterocycles. The van der Waals surface area contributed by atoms with Crippen molar-refractivity contribution in [3.8, 4) is 78.1 Å². The van der Waals surface area contributed by atoms with Gasteiger partial charge in [-0.25, -0.2) is 0 Å². The van der Waals surface area contributed by atoms with Gasteiger partial charge in [0.05, 0.1) is 22.1 Å². The Bertz CT molecular complexity index is 4190. The molecular weight excluding hydrogens is 917 g/mol. The molecule has 0 saturated carbocycles. The number of para-hydroxylation sites is 4. The third kappa shape index (κ3) is 7.18. The second-order valence-electron chi connectivity index (χ2n) is 20.0. The smallest absolute Gasteiger partial charge is 0.0541 e. The highest BCUT2D eigenvalue weighted by atomic mass is 15.0. The van der Waals surface area contributed by atoms with E-state index in [0.717, 1.165) is 22.5 Å². The monoisotopic (exact) mass is 964 g/mol. The Balaban J connectivity index is 1.12. The minimum absolute atomic E-state index is 1.11. The fourth-order valence-electron chi connectivity index (χ4n) is 12.2. The van der Waals surface area contributed by atoms with Crippen molar-refractivity contribution in [2.45, 2.75) is 0 Å². The van der Waals surface area contributed by atoms with Crippen LogP contribution in [0.2, 0.25) is 0 Å². The molecule has 0 spiro atoms. The summed E-state index contributed by atoms with van der Waals surface area (Å²) in [4.78, 5) is 0. The predicted molar refractivity (Wildman–Crippen MR) is 323 cm³/mol. The van der Waals surface area contributed by atoms with E-state index in [1.807, 2.05) is 0 Å². The van der Waals surface area contributed by atoms with Gasteiger partial charge in [-0.1, -0.05) is 206 Å². The molecule has 0 saturated heterocycles. The van der Waals surface area contributed by atoms with Crippen molar-refractivity contribution >= 4 is 65.2 Å². The maximum absolute atomic E-state index is 2.48. The van der Waals surface area contributed by atoms with Crippen LogP contribution < -0.4 is 0 Å². The average molecular weight is 965 g/mol. The number of hydrogen-bond acceptors (Lipinski definition) is 0. The fraction of sp³-hybridized carbons (Fsp3) is 0. The summed E-state index contributed by atoms with van der Waals surface area (Å²) >= 11 is 0. The lowest BCUT2D eigenvalue weighted by Gasteiger charge is -2.22. The molecule has 0 aliphatic heterocycles. The Labute approximate surface area is 441 Å². The van der Waals surface area contributed by atoms with Gasteiger partial charge in [0, 0.05) is 32.9 Å². The second kappa shape index (κ2) is 17.9. The summed E-state index contributed by atoms with van der Waals surface area (Å²) in [5, 5.41) is 9.69. The lowest BCUT2D eigenvalue weighted by molar-refractivity contribution is 1.18. The van der Waals surface area contributed by atoms with Crippen LogP contribution >= 0.6 is 0 Å². The van der Waals surface area contributed by atoms with E-state index in [2.05, 4.69) is 300 Å². The molecule has 2 heteroatoms. The molecule has 0 aliphatic carbocycles. The largest absolute Gasteiger partial charge is 0.309 e. The summed E-state index contributed by atoms with van der Waals surface area (Å²) in [6, 6.07) is 108. The second-order valence-corrected chi connectivity index (χ2v) is 20.0. The first-order chi connectivity index (χ1) is 37.7. The normalized spacial score (nSPS) is 11.7. The molecule has 354 valence electrons. The number of fused-ring (bicyclic) bond motifs is 8. The van der Waals surface area contributed by atoms with Gasteiger partial charge in [-0.05, 0) is 173 Å². The van der Waals surface area contributed by atoms with Gasteiger partial charge in [0.25, 0.3) is 0 Å². The molecule has 76 heavy (non-hydrogen) atoms. The van der Waals surface area contributed by atoms with Crippen molar-refractivity contribution in [3.63, 3.8) is 0 Å². The zero-order valence-electron chi connectivity index (χ0n) is 41.6. The van der Waals surface area contributed by atoms with E-state index in [-0.39, 0.29) is 0 Å². The molecule has 15 rings (SSSR count). The number of rotatable bonds is 8. The summed E-state index contributed by atoms with van der Waals surface area (Å²) in [7, 11) is 0. The molecule has 0 amide bonds. The van der Waals surface area contributed by atoms with Gasteiger partial charge in [-0.15, -0.1) is 0 Å². The van der Waals surface area contributed by atoms with Crippen LogP contribution in [0, 0.1) is 0 Å². The van der Waals surface area contributed by atoms with Gasteiger partial charge >= 0.3 is 0 Å². The minimum Gasteiger partial charge on any atom is -0.309 e. The SMILES string of the molecule is c1ccc(-c2cc(-c3ccccc3)cc(-c3c4ccc(-n5c6ccccc6c6ccccc65)cc4c(-c4cc(-c5ccccc5)cc(-c5ccccc5)c4)c4ccc(-n5c6ccccc6c6ccccc65)cc34)c2)cc1. The number of benzene rings is 13. The Kier molecular flexibility index (Phi) is 10.2. The minimum atomic E-state index is 1.11.